The van der Waals surface area contributed by atoms with Crippen molar-refractivity contribution in [3.63, 3.8) is 0 Å². The van der Waals surface area contributed by atoms with Crippen LogP contribution in [0.3, 0.4) is 0 Å². The topological polar surface area (TPSA) is 123 Å². The van der Waals surface area contributed by atoms with Gasteiger partial charge in [-0.15, -0.1) is 0 Å². The van der Waals surface area contributed by atoms with Gasteiger partial charge in [-0.3, -0.25) is 4.79 Å². The van der Waals surface area contributed by atoms with Crippen LogP contribution >= 0.6 is 0 Å². The molecule has 31 heavy (non-hydrogen) atoms. The van der Waals surface area contributed by atoms with Crippen molar-refractivity contribution < 1.29 is 22.5 Å². The largest absolute Gasteiger partial charge is 0.495 e. The molecule has 0 atom stereocenters. The third kappa shape index (κ3) is 5.31. The lowest BCUT2D eigenvalue weighted by Crippen LogP contribution is -2.45. The first kappa shape index (κ1) is 23.0. The van der Waals surface area contributed by atoms with Crippen LogP contribution in [0.1, 0.15) is 55.8 Å². The Morgan fingerprint density at radius 3 is 2.52 bits per heavy atom. The molecule has 0 saturated heterocycles. The van der Waals surface area contributed by atoms with Crippen molar-refractivity contribution in [1.29, 1.82) is 0 Å². The molecule has 1 amide bonds. The van der Waals surface area contributed by atoms with Crippen molar-refractivity contribution in [2.24, 2.45) is 0 Å². The number of benzene rings is 1. The first-order valence-corrected chi connectivity index (χ1v) is 11.7. The Balaban J connectivity index is 1.84. The summed E-state index contributed by atoms with van der Waals surface area (Å²) in [5.74, 6) is 0.874. The molecule has 168 valence electrons. The summed E-state index contributed by atoms with van der Waals surface area (Å²) in [4.78, 5) is 17.2. The quantitative estimate of drug-likeness (QED) is 0.493. The van der Waals surface area contributed by atoms with Crippen molar-refractivity contribution >= 4 is 22.0 Å². The van der Waals surface area contributed by atoms with Gasteiger partial charge in [0.25, 0.3) is 0 Å². The molecule has 1 aliphatic rings. The van der Waals surface area contributed by atoms with Crippen LogP contribution in [0.5, 0.6) is 5.75 Å². The van der Waals surface area contributed by atoms with Gasteiger partial charge in [-0.1, -0.05) is 36.9 Å². The number of nitrogens with zero attached hydrogens (tertiary/aromatic N) is 2. The number of carbonyl (C=O) groups is 1. The van der Waals surface area contributed by atoms with Crippen LogP contribution in [0.15, 0.2) is 33.7 Å². The zero-order valence-electron chi connectivity index (χ0n) is 18.0. The summed E-state index contributed by atoms with van der Waals surface area (Å²) in [6, 6.07) is 4.69. The zero-order chi connectivity index (χ0) is 22.5. The summed E-state index contributed by atoms with van der Waals surface area (Å²) in [6.07, 6.45) is 8.53. The fourth-order valence-corrected chi connectivity index (χ4v) is 4.72. The van der Waals surface area contributed by atoms with Crippen molar-refractivity contribution in [2.75, 3.05) is 14.2 Å². The predicted octanol–water partition coefficient (Wildman–Crippen LogP) is 2.67. The van der Waals surface area contributed by atoms with E-state index in [0.717, 1.165) is 38.5 Å². The number of nitrogens with one attached hydrogen (secondary N) is 2. The maximum Gasteiger partial charge on any atom is 0.244 e. The summed E-state index contributed by atoms with van der Waals surface area (Å²) < 4.78 is 37.1. The van der Waals surface area contributed by atoms with Gasteiger partial charge in [-0.05, 0) is 43.7 Å². The Morgan fingerprint density at radius 2 is 1.94 bits per heavy atom. The van der Waals surface area contributed by atoms with Gasteiger partial charge in [-0.25, -0.2) is 13.1 Å². The number of amides is 1. The molecule has 10 heteroatoms. The molecule has 2 aromatic rings. The number of hydrogen-bond donors (Lipinski definition) is 2. The number of rotatable bonds is 7. The number of aromatic nitrogens is 2. The van der Waals surface area contributed by atoms with Crippen LogP contribution < -0.4 is 14.8 Å². The molecule has 1 fully saturated rings. The number of methoxy groups -OCH3 is 1. The molecular weight excluding hydrogens is 420 g/mol. The van der Waals surface area contributed by atoms with Crippen LogP contribution in [0.25, 0.3) is 6.08 Å². The van der Waals surface area contributed by atoms with Crippen molar-refractivity contribution in [1.82, 2.24) is 20.2 Å². The van der Waals surface area contributed by atoms with E-state index < -0.39 is 15.6 Å². The van der Waals surface area contributed by atoms with Gasteiger partial charge in [0.2, 0.25) is 21.8 Å². The SMILES string of the molecule is CNS(=O)(=O)c1cc(C=CC(=O)NC2(c3noc(C)n3)CCCCCC2)ccc1OC. The molecule has 3 rings (SSSR count). The Bertz CT molecular complexity index is 1050. The van der Waals surface area contributed by atoms with Gasteiger partial charge in [0.1, 0.15) is 16.2 Å². The van der Waals surface area contributed by atoms with E-state index in [0.29, 0.717) is 17.3 Å². The Hall–Kier alpha value is -2.72. The van der Waals surface area contributed by atoms with Crippen LogP contribution in [-0.4, -0.2) is 38.6 Å². The maximum atomic E-state index is 12.8. The Morgan fingerprint density at radius 1 is 1.23 bits per heavy atom. The minimum absolute atomic E-state index is 0.00238. The molecule has 0 unspecified atom stereocenters. The molecule has 9 nitrogen and oxygen atoms in total. The molecule has 1 aromatic carbocycles. The second-order valence-electron chi connectivity index (χ2n) is 7.57. The van der Waals surface area contributed by atoms with Gasteiger partial charge >= 0.3 is 0 Å². The van der Waals surface area contributed by atoms with Gasteiger partial charge in [0, 0.05) is 13.0 Å². The minimum Gasteiger partial charge on any atom is -0.495 e. The monoisotopic (exact) mass is 448 g/mol. The smallest absolute Gasteiger partial charge is 0.244 e. The second-order valence-corrected chi connectivity index (χ2v) is 9.43. The molecule has 0 aliphatic heterocycles. The first-order chi connectivity index (χ1) is 14.8. The van der Waals surface area contributed by atoms with E-state index in [2.05, 4.69) is 20.2 Å². The summed E-state index contributed by atoms with van der Waals surface area (Å²) >= 11 is 0. The highest BCUT2D eigenvalue weighted by molar-refractivity contribution is 7.89. The zero-order valence-corrected chi connectivity index (χ0v) is 18.8. The van der Waals surface area contributed by atoms with E-state index in [9.17, 15) is 13.2 Å². The fraction of sp³-hybridized carbons (Fsp3) is 0.476. The van der Waals surface area contributed by atoms with Crippen molar-refractivity contribution in [3.05, 3.63) is 41.6 Å². The van der Waals surface area contributed by atoms with Gasteiger partial charge in [0.05, 0.1) is 7.11 Å². The highest BCUT2D eigenvalue weighted by Gasteiger charge is 2.38. The summed E-state index contributed by atoms with van der Waals surface area (Å²) in [5.41, 5.74) is -0.119. The lowest BCUT2D eigenvalue weighted by atomic mass is 9.89. The average Bonchev–Trinajstić information content (AvgIpc) is 3.07. The number of aryl methyl sites for hydroxylation is 1. The number of sulfonamides is 1. The van der Waals surface area contributed by atoms with Gasteiger partial charge in [-0.2, -0.15) is 4.98 Å². The van der Waals surface area contributed by atoms with Crippen molar-refractivity contribution in [3.8, 4) is 5.75 Å². The van der Waals surface area contributed by atoms with Crippen LogP contribution in [0.2, 0.25) is 0 Å². The van der Waals surface area contributed by atoms with E-state index in [1.165, 1.54) is 26.3 Å². The Kier molecular flexibility index (Phi) is 7.11. The molecular formula is C21H28N4O5S. The second kappa shape index (κ2) is 9.61. The van der Waals surface area contributed by atoms with Crippen LogP contribution in [0.4, 0.5) is 0 Å². The summed E-state index contributed by atoms with van der Waals surface area (Å²) in [5, 5.41) is 7.16. The summed E-state index contributed by atoms with van der Waals surface area (Å²) in [7, 11) is -0.977. The van der Waals surface area contributed by atoms with Crippen LogP contribution in [0, 0.1) is 6.92 Å². The molecule has 1 heterocycles. The number of hydrogen-bond acceptors (Lipinski definition) is 7. The van der Waals surface area contributed by atoms with Gasteiger partial charge in [0.15, 0.2) is 5.82 Å². The van der Waals surface area contributed by atoms with E-state index in [4.69, 9.17) is 9.26 Å². The number of ether oxygens (including phenoxy) is 1. The van der Waals surface area contributed by atoms with E-state index in [1.54, 1.807) is 25.1 Å². The Labute approximate surface area is 182 Å². The van der Waals surface area contributed by atoms with Gasteiger partial charge < -0.3 is 14.6 Å². The average molecular weight is 449 g/mol. The van der Waals surface area contributed by atoms with Crippen LogP contribution in [-0.2, 0) is 20.4 Å². The predicted molar refractivity (Wildman–Crippen MR) is 115 cm³/mol. The number of carbonyl (C=O) groups excluding carboxylic acids is 1. The molecule has 1 aliphatic carbocycles. The third-order valence-electron chi connectivity index (χ3n) is 5.45. The lowest BCUT2D eigenvalue weighted by molar-refractivity contribution is -0.118. The normalized spacial score (nSPS) is 16.7. The molecule has 0 bridgehead atoms. The third-order valence-corrected chi connectivity index (χ3v) is 6.88. The highest BCUT2D eigenvalue weighted by atomic mass is 32.2. The molecule has 2 N–H and O–H groups in total. The fourth-order valence-electron chi connectivity index (χ4n) is 3.80. The highest BCUT2D eigenvalue weighted by Crippen LogP contribution is 2.34. The lowest BCUT2D eigenvalue weighted by Gasteiger charge is -2.30. The molecule has 0 radical (unpaired) electrons. The van der Waals surface area contributed by atoms with E-state index >= 15 is 0 Å². The first-order valence-electron chi connectivity index (χ1n) is 10.2. The molecule has 1 saturated carbocycles. The molecule has 1 aromatic heterocycles. The summed E-state index contributed by atoms with van der Waals surface area (Å²) in [6.45, 7) is 1.73. The molecule has 0 spiro atoms. The minimum atomic E-state index is -3.71. The van der Waals surface area contributed by atoms with E-state index in [-0.39, 0.29) is 16.6 Å². The maximum absolute atomic E-state index is 12.8. The standard InChI is InChI=1S/C21H28N4O5S/c1-15-23-20(25-30-15)21(12-6-4-5-7-13-21)24-19(26)11-9-16-8-10-17(29-3)18(14-16)31(27,28)22-2/h8-11,14,22H,4-7,12-13H2,1-3H3,(H,24,26). The van der Waals surface area contributed by atoms with Crippen molar-refractivity contribution in [2.45, 2.75) is 55.9 Å². The van der Waals surface area contributed by atoms with E-state index in [1.807, 2.05) is 0 Å².